The lowest BCUT2D eigenvalue weighted by Gasteiger charge is -2.06. The van der Waals surface area contributed by atoms with E-state index in [9.17, 15) is 4.79 Å². The molecule has 0 aliphatic heterocycles. The molecule has 1 unspecified atom stereocenters. The number of carbonyl (C=O) groups excluding carboxylic acids is 1. The molecule has 0 amide bonds. The zero-order valence-electron chi connectivity index (χ0n) is 7.03. The van der Waals surface area contributed by atoms with E-state index in [1.807, 2.05) is 12.1 Å². The number of carbonyl (C=O) groups is 1. The monoisotopic (exact) mass is 164 g/mol. The number of hydrogen-bond donors (Lipinski definition) is 1. The fourth-order valence-electron chi connectivity index (χ4n) is 0.917. The van der Waals surface area contributed by atoms with E-state index < -0.39 is 0 Å². The maximum atomic E-state index is 10.8. The first-order valence-electron chi connectivity index (χ1n) is 3.85. The third-order valence-electron chi connectivity index (χ3n) is 1.73. The number of nitrogens with zero attached hydrogens (tertiary/aromatic N) is 1. The van der Waals surface area contributed by atoms with E-state index in [1.165, 1.54) is 6.92 Å². The number of pyridine rings is 1. The molecule has 1 heterocycles. The van der Waals surface area contributed by atoms with Gasteiger partial charge in [-0.15, -0.1) is 0 Å². The van der Waals surface area contributed by atoms with E-state index in [2.05, 4.69) is 4.98 Å². The number of Topliss-reactive ketones (excluding diaryl/α,β-unsaturated/α-hetero) is 1. The molecular weight excluding hydrogens is 152 g/mol. The zero-order valence-corrected chi connectivity index (χ0v) is 7.03. The van der Waals surface area contributed by atoms with Crippen molar-refractivity contribution in [2.24, 2.45) is 5.73 Å². The fourth-order valence-corrected chi connectivity index (χ4v) is 0.917. The fraction of sp³-hybridized carbons (Fsp3) is 0.333. The summed E-state index contributed by atoms with van der Waals surface area (Å²) < 4.78 is 0. The Labute approximate surface area is 71.6 Å². The Balaban J connectivity index is 2.58. The van der Waals surface area contributed by atoms with Gasteiger partial charge in [-0.05, 0) is 31.0 Å². The van der Waals surface area contributed by atoms with Crippen LogP contribution in [0.4, 0.5) is 0 Å². The van der Waals surface area contributed by atoms with E-state index in [-0.39, 0.29) is 11.8 Å². The van der Waals surface area contributed by atoms with Crippen LogP contribution in [0, 0.1) is 0 Å². The first-order valence-corrected chi connectivity index (χ1v) is 3.85. The predicted molar refractivity (Wildman–Crippen MR) is 46.6 cm³/mol. The van der Waals surface area contributed by atoms with Gasteiger partial charge in [0.05, 0.1) is 6.04 Å². The molecule has 0 aromatic carbocycles. The zero-order chi connectivity index (χ0) is 8.97. The first-order chi connectivity index (χ1) is 5.70. The number of hydrogen-bond acceptors (Lipinski definition) is 3. The van der Waals surface area contributed by atoms with Crippen molar-refractivity contribution in [3.8, 4) is 0 Å². The van der Waals surface area contributed by atoms with E-state index in [0.717, 1.165) is 5.56 Å². The molecule has 64 valence electrons. The molecule has 0 saturated heterocycles. The van der Waals surface area contributed by atoms with E-state index in [4.69, 9.17) is 5.73 Å². The lowest BCUT2D eigenvalue weighted by molar-refractivity contribution is -0.118. The van der Waals surface area contributed by atoms with Crippen molar-refractivity contribution in [2.75, 3.05) is 0 Å². The molecule has 1 atom stereocenters. The van der Waals surface area contributed by atoms with Gasteiger partial charge in [0.15, 0.2) is 0 Å². The van der Waals surface area contributed by atoms with Gasteiger partial charge in [0.25, 0.3) is 0 Å². The third kappa shape index (κ3) is 2.43. The highest BCUT2D eigenvalue weighted by atomic mass is 16.1. The molecule has 1 rings (SSSR count). The second-order valence-electron chi connectivity index (χ2n) is 2.78. The molecule has 0 spiro atoms. The van der Waals surface area contributed by atoms with Crippen LogP contribution >= 0.6 is 0 Å². The van der Waals surface area contributed by atoms with Gasteiger partial charge >= 0.3 is 0 Å². The molecule has 0 fully saturated rings. The van der Waals surface area contributed by atoms with Crippen molar-refractivity contribution in [3.63, 3.8) is 0 Å². The largest absolute Gasteiger partial charge is 0.321 e. The Morgan fingerprint density at radius 3 is 2.67 bits per heavy atom. The SMILES string of the molecule is CC(=O)C(N)Cc1ccncc1. The maximum Gasteiger partial charge on any atom is 0.146 e. The summed E-state index contributed by atoms with van der Waals surface area (Å²) in [6.07, 6.45) is 3.99. The first kappa shape index (κ1) is 8.87. The summed E-state index contributed by atoms with van der Waals surface area (Å²) in [5.41, 5.74) is 6.63. The van der Waals surface area contributed by atoms with Crippen LogP contribution in [0.3, 0.4) is 0 Å². The summed E-state index contributed by atoms with van der Waals surface area (Å²) >= 11 is 0. The molecule has 3 nitrogen and oxygen atoms in total. The Kier molecular flexibility index (Phi) is 2.94. The predicted octanol–water partition coefficient (Wildman–Crippen LogP) is 0.540. The van der Waals surface area contributed by atoms with Gasteiger partial charge in [-0.3, -0.25) is 9.78 Å². The van der Waals surface area contributed by atoms with Crippen LogP contribution in [0.2, 0.25) is 0 Å². The van der Waals surface area contributed by atoms with Gasteiger partial charge in [-0.25, -0.2) is 0 Å². The van der Waals surface area contributed by atoms with Crippen LogP contribution in [0.5, 0.6) is 0 Å². The Hall–Kier alpha value is -1.22. The van der Waals surface area contributed by atoms with Gasteiger partial charge < -0.3 is 5.73 Å². The van der Waals surface area contributed by atoms with Crippen LogP contribution in [-0.4, -0.2) is 16.8 Å². The van der Waals surface area contributed by atoms with Crippen LogP contribution in [0.1, 0.15) is 12.5 Å². The molecule has 1 aromatic rings. The quantitative estimate of drug-likeness (QED) is 0.709. The van der Waals surface area contributed by atoms with Gasteiger partial charge in [0.2, 0.25) is 0 Å². The normalized spacial score (nSPS) is 12.5. The van der Waals surface area contributed by atoms with Crippen molar-refractivity contribution in [2.45, 2.75) is 19.4 Å². The summed E-state index contributed by atoms with van der Waals surface area (Å²) in [7, 11) is 0. The van der Waals surface area contributed by atoms with Crippen molar-refractivity contribution in [1.29, 1.82) is 0 Å². The smallest absolute Gasteiger partial charge is 0.146 e. The summed E-state index contributed by atoms with van der Waals surface area (Å²) in [6.45, 7) is 1.51. The summed E-state index contributed by atoms with van der Waals surface area (Å²) in [4.78, 5) is 14.7. The second-order valence-corrected chi connectivity index (χ2v) is 2.78. The Morgan fingerprint density at radius 1 is 1.58 bits per heavy atom. The molecule has 0 bridgehead atoms. The van der Waals surface area contributed by atoms with Crippen LogP contribution in [0.25, 0.3) is 0 Å². The molecule has 0 aliphatic carbocycles. The number of nitrogens with two attached hydrogens (primary N) is 1. The highest BCUT2D eigenvalue weighted by Gasteiger charge is 2.07. The summed E-state index contributed by atoms with van der Waals surface area (Å²) in [5.74, 6) is 0.0202. The molecule has 0 saturated carbocycles. The topological polar surface area (TPSA) is 56.0 Å². The summed E-state index contributed by atoms with van der Waals surface area (Å²) in [5, 5.41) is 0. The Bertz CT molecular complexity index is 258. The van der Waals surface area contributed by atoms with E-state index in [1.54, 1.807) is 12.4 Å². The minimum absolute atomic E-state index is 0.0202. The third-order valence-corrected chi connectivity index (χ3v) is 1.73. The van der Waals surface area contributed by atoms with Crippen LogP contribution in [-0.2, 0) is 11.2 Å². The molecule has 12 heavy (non-hydrogen) atoms. The molecule has 0 aliphatic rings. The van der Waals surface area contributed by atoms with Crippen LogP contribution < -0.4 is 5.73 Å². The van der Waals surface area contributed by atoms with Gasteiger partial charge in [0, 0.05) is 12.4 Å². The number of aromatic nitrogens is 1. The molecule has 3 heteroatoms. The van der Waals surface area contributed by atoms with Crippen molar-refractivity contribution in [3.05, 3.63) is 30.1 Å². The van der Waals surface area contributed by atoms with Crippen molar-refractivity contribution < 1.29 is 4.79 Å². The van der Waals surface area contributed by atoms with Gasteiger partial charge in [-0.2, -0.15) is 0 Å². The minimum atomic E-state index is -0.382. The van der Waals surface area contributed by atoms with Crippen molar-refractivity contribution >= 4 is 5.78 Å². The minimum Gasteiger partial charge on any atom is -0.321 e. The average molecular weight is 164 g/mol. The lowest BCUT2D eigenvalue weighted by Crippen LogP contribution is -2.30. The second kappa shape index (κ2) is 3.97. The lowest BCUT2D eigenvalue weighted by atomic mass is 10.1. The number of ketones is 1. The average Bonchev–Trinajstić information content (AvgIpc) is 2.06. The van der Waals surface area contributed by atoms with Crippen LogP contribution in [0.15, 0.2) is 24.5 Å². The molecule has 2 N–H and O–H groups in total. The standard InChI is InChI=1S/C9H12N2O/c1-7(12)9(10)6-8-2-4-11-5-3-8/h2-5,9H,6,10H2,1H3. The number of rotatable bonds is 3. The molecular formula is C9H12N2O. The van der Waals surface area contributed by atoms with E-state index >= 15 is 0 Å². The van der Waals surface area contributed by atoms with E-state index in [0.29, 0.717) is 6.42 Å². The highest BCUT2D eigenvalue weighted by Crippen LogP contribution is 2.00. The molecule has 0 radical (unpaired) electrons. The highest BCUT2D eigenvalue weighted by molar-refractivity contribution is 5.81. The maximum absolute atomic E-state index is 10.8. The van der Waals surface area contributed by atoms with Crippen molar-refractivity contribution in [1.82, 2.24) is 4.98 Å². The van der Waals surface area contributed by atoms with Gasteiger partial charge in [-0.1, -0.05) is 0 Å². The summed E-state index contributed by atoms with van der Waals surface area (Å²) in [6, 6.07) is 3.35. The Morgan fingerprint density at radius 2 is 2.17 bits per heavy atom. The molecule has 1 aromatic heterocycles. The van der Waals surface area contributed by atoms with Gasteiger partial charge in [0.1, 0.15) is 5.78 Å².